The van der Waals surface area contributed by atoms with Crippen molar-refractivity contribution in [2.75, 3.05) is 41.7 Å². The van der Waals surface area contributed by atoms with E-state index in [1.54, 1.807) is 62.4 Å². The van der Waals surface area contributed by atoms with Crippen molar-refractivity contribution in [2.24, 2.45) is 0 Å². The summed E-state index contributed by atoms with van der Waals surface area (Å²) in [6, 6.07) is 10.3. The molecule has 0 aromatic heterocycles. The minimum atomic E-state index is -0.669. The highest BCUT2D eigenvalue weighted by atomic mass is 16.5. The van der Waals surface area contributed by atoms with E-state index >= 15 is 0 Å². The predicted octanol–water partition coefficient (Wildman–Crippen LogP) is 4.31. The van der Waals surface area contributed by atoms with Crippen molar-refractivity contribution in [1.82, 2.24) is 0 Å². The van der Waals surface area contributed by atoms with Crippen molar-refractivity contribution < 1.29 is 38.0 Å². The molecule has 182 valence electrons. The van der Waals surface area contributed by atoms with E-state index < -0.39 is 11.9 Å². The average Bonchev–Trinajstić information content (AvgIpc) is 2.85. The first-order valence-corrected chi connectivity index (χ1v) is 10.6. The van der Waals surface area contributed by atoms with Gasteiger partial charge in [0.05, 0.1) is 52.8 Å². The lowest BCUT2D eigenvalue weighted by atomic mass is 9.99. The van der Waals surface area contributed by atoms with Crippen LogP contribution in [0.4, 0.5) is 0 Å². The Morgan fingerprint density at radius 3 is 1.26 bits per heavy atom. The number of carbonyl (C=O) groups excluding carboxylic acids is 2. The van der Waals surface area contributed by atoms with Crippen molar-refractivity contribution in [1.29, 1.82) is 0 Å². The molecule has 0 bridgehead atoms. The fraction of sp³-hybridized carbons (Fsp3) is 0.308. The van der Waals surface area contributed by atoms with Crippen molar-refractivity contribution in [3.05, 3.63) is 58.7 Å². The SMILES string of the molecule is CCOC(=O)C(=C/c1ccc(OC)c(OC)c1)/C(=C\c1ccc(OC)c(OC)c1)C(=O)OCC. The highest BCUT2D eigenvalue weighted by molar-refractivity contribution is 6.12. The molecular weight excluding hydrogens is 440 g/mol. The van der Waals surface area contributed by atoms with Crippen LogP contribution in [0.15, 0.2) is 47.5 Å². The monoisotopic (exact) mass is 470 g/mol. The second-order valence-corrected chi connectivity index (χ2v) is 6.79. The van der Waals surface area contributed by atoms with Gasteiger partial charge in [0.2, 0.25) is 0 Å². The first-order chi connectivity index (χ1) is 16.4. The molecule has 0 fully saturated rings. The molecule has 0 aliphatic heterocycles. The third-order valence-corrected chi connectivity index (χ3v) is 4.72. The van der Waals surface area contributed by atoms with E-state index in [1.165, 1.54) is 28.4 Å². The topological polar surface area (TPSA) is 89.5 Å². The van der Waals surface area contributed by atoms with E-state index in [9.17, 15) is 9.59 Å². The Morgan fingerprint density at radius 1 is 0.618 bits per heavy atom. The highest BCUT2D eigenvalue weighted by Crippen LogP contribution is 2.31. The molecule has 0 spiro atoms. The number of hydrogen-bond acceptors (Lipinski definition) is 8. The molecule has 2 aromatic rings. The van der Waals surface area contributed by atoms with Gasteiger partial charge < -0.3 is 28.4 Å². The Bertz CT molecular complexity index is 983. The maximum atomic E-state index is 12.9. The largest absolute Gasteiger partial charge is 0.493 e. The minimum absolute atomic E-state index is 0.0299. The second kappa shape index (κ2) is 12.9. The van der Waals surface area contributed by atoms with Gasteiger partial charge in [0.15, 0.2) is 23.0 Å². The van der Waals surface area contributed by atoms with Crippen LogP contribution in [0.25, 0.3) is 12.2 Å². The van der Waals surface area contributed by atoms with E-state index in [4.69, 9.17) is 28.4 Å². The fourth-order valence-corrected chi connectivity index (χ4v) is 3.13. The first kappa shape index (κ1) is 26.3. The zero-order valence-corrected chi connectivity index (χ0v) is 20.3. The Labute approximate surface area is 199 Å². The zero-order chi connectivity index (χ0) is 25.1. The lowest BCUT2D eigenvalue weighted by Gasteiger charge is -2.13. The van der Waals surface area contributed by atoms with E-state index in [0.717, 1.165) is 0 Å². The van der Waals surface area contributed by atoms with Crippen LogP contribution in [0.1, 0.15) is 25.0 Å². The molecule has 0 aliphatic rings. The van der Waals surface area contributed by atoms with Crippen LogP contribution in [0.3, 0.4) is 0 Å². The van der Waals surface area contributed by atoms with E-state index in [-0.39, 0.29) is 24.4 Å². The van der Waals surface area contributed by atoms with Gasteiger partial charge in [-0.05, 0) is 61.4 Å². The zero-order valence-electron chi connectivity index (χ0n) is 20.3. The molecule has 0 radical (unpaired) electrons. The summed E-state index contributed by atoms with van der Waals surface area (Å²) in [5.41, 5.74) is 1.26. The summed E-state index contributed by atoms with van der Waals surface area (Å²) in [5.74, 6) is 0.670. The molecule has 0 heterocycles. The number of ether oxygens (including phenoxy) is 6. The van der Waals surface area contributed by atoms with Gasteiger partial charge in [0.1, 0.15) is 0 Å². The molecule has 0 N–H and O–H groups in total. The lowest BCUT2D eigenvalue weighted by Crippen LogP contribution is -2.17. The van der Waals surface area contributed by atoms with Gasteiger partial charge in [-0.2, -0.15) is 0 Å². The number of benzene rings is 2. The summed E-state index contributed by atoms with van der Waals surface area (Å²) in [4.78, 5) is 25.9. The van der Waals surface area contributed by atoms with E-state index in [1.807, 2.05) is 0 Å². The number of carbonyl (C=O) groups is 2. The predicted molar refractivity (Wildman–Crippen MR) is 128 cm³/mol. The maximum absolute atomic E-state index is 12.9. The van der Waals surface area contributed by atoms with Gasteiger partial charge in [-0.15, -0.1) is 0 Å². The lowest BCUT2D eigenvalue weighted by molar-refractivity contribution is -0.141. The Hall–Kier alpha value is -3.94. The first-order valence-electron chi connectivity index (χ1n) is 10.6. The van der Waals surface area contributed by atoms with Crippen molar-refractivity contribution in [3.8, 4) is 23.0 Å². The molecule has 0 saturated carbocycles. The van der Waals surface area contributed by atoms with Gasteiger partial charge in [0.25, 0.3) is 0 Å². The second-order valence-electron chi connectivity index (χ2n) is 6.79. The smallest absolute Gasteiger partial charge is 0.339 e. The summed E-state index contributed by atoms with van der Waals surface area (Å²) in [6.45, 7) is 3.64. The van der Waals surface area contributed by atoms with Crippen LogP contribution < -0.4 is 18.9 Å². The van der Waals surface area contributed by atoms with Crippen molar-refractivity contribution in [3.63, 3.8) is 0 Å². The van der Waals surface area contributed by atoms with Gasteiger partial charge in [0, 0.05) is 0 Å². The quantitative estimate of drug-likeness (QED) is 0.273. The third kappa shape index (κ3) is 6.54. The molecule has 0 amide bonds. The van der Waals surface area contributed by atoms with Crippen molar-refractivity contribution >= 4 is 24.1 Å². The third-order valence-electron chi connectivity index (χ3n) is 4.72. The number of rotatable bonds is 11. The molecule has 8 nitrogen and oxygen atoms in total. The molecule has 2 rings (SSSR count). The highest BCUT2D eigenvalue weighted by Gasteiger charge is 2.24. The molecular formula is C26H30O8. The number of hydrogen-bond donors (Lipinski definition) is 0. The van der Waals surface area contributed by atoms with Crippen molar-refractivity contribution in [2.45, 2.75) is 13.8 Å². The molecule has 0 aliphatic carbocycles. The average molecular weight is 471 g/mol. The Morgan fingerprint density at radius 2 is 0.971 bits per heavy atom. The normalized spacial score (nSPS) is 11.5. The summed E-state index contributed by atoms with van der Waals surface area (Å²) >= 11 is 0. The van der Waals surface area contributed by atoms with E-state index in [2.05, 4.69) is 0 Å². The summed E-state index contributed by atoms with van der Waals surface area (Å²) in [7, 11) is 6.08. The summed E-state index contributed by atoms with van der Waals surface area (Å²) in [6.07, 6.45) is 3.09. The number of methoxy groups -OCH3 is 4. The molecule has 0 saturated heterocycles. The molecule has 0 atom stereocenters. The molecule has 0 unspecified atom stereocenters. The number of esters is 2. The van der Waals surface area contributed by atoms with Gasteiger partial charge in [-0.25, -0.2) is 9.59 Å². The van der Waals surface area contributed by atoms with E-state index in [0.29, 0.717) is 34.1 Å². The van der Waals surface area contributed by atoms with Crippen LogP contribution in [0.5, 0.6) is 23.0 Å². The van der Waals surface area contributed by atoms with Gasteiger partial charge in [-0.3, -0.25) is 0 Å². The van der Waals surface area contributed by atoms with Crippen LogP contribution in [-0.4, -0.2) is 53.6 Å². The standard InChI is InChI=1S/C26H30O8/c1-7-33-25(27)19(13-17-9-11-21(29-3)23(15-17)31-5)20(26(28)34-8-2)14-18-10-12-22(30-4)24(16-18)32-6/h9-16H,7-8H2,1-6H3/b19-13+,20-14+. The summed E-state index contributed by atoms with van der Waals surface area (Å²) < 4.78 is 31.8. The maximum Gasteiger partial charge on any atom is 0.339 e. The van der Waals surface area contributed by atoms with Gasteiger partial charge in [-0.1, -0.05) is 12.1 Å². The van der Waals surface area contributed by atoms with Crippen LogP contribution in [-0.2, 0) is 19.1 Å². The molecule has 34 heavy (non-hydrogen) atoms. The molecule has 8 heteroatoms. The van der Waals surface area contributed by atoms with Crippen LogP contribution in [0, 0.1) is 0 Å². The Kier molecular flexibility index (Phi) is 10.0. The van der Waals surface area contributed by atoms with Crippen LogP contribution >= 0.6 is 0 Å². The summed E-state index contributed by atoms with van der Waals surface area (Å²) in [5, 5.41) is 0. The Balaban J connectivity index is 2.71. The van der Waals surface area contributed by atoms with Crippen LogP contribution in [0.2, 0.25) is 0 Å². The fourth-order valence-electron chi connectivity index (χ4n) is 3.13. The minimum Gasteiger partial charge on any atom is -0.493 e. The molecule has 2 aromatic carbocycles. The van der Waals surface area contributed by atoms with Gasteiger partial charge >= 0.3 is 11.9 Å².